The number of amides is 1. The lowest BCUT2D eigenvalue weighted by molar-refractivity contribution is 0.0997. The number of hydrogen-bond acceptors (Lipinski definition) is 2. The molecule has 1 heterocycles. The molecule has 1 aromatic heterocycles. The third-order valence-corrected chi connectivity index (χ3v) is 5.44. The van der Waals surface area contributed by atoms with Gasteiger partial charge in [-0.2, -0.15) is 4.99 Å². The maximum Gasteiger partial charge on any atom is 0.279 e. The number of thiazole rings is 1. The molecule has 0 aliphatic carbocycles. The quantitative estimate of drug-likeness (QED) is 0.637. The van der Waals surface area contributed by atoms with Gasteiger partial charge in [0.1, 0.15) is 5.82 Å². The van der Waals surface area contributed by atoms with Crippen molar-refractivity contribution in [2.75, 3.05) is 0 Å². The Labute approximate surface area is 156 Å². The lowest BCUT2D eigenvalue weighted by atomic mass is 10.0. The second-order valence-electron chi connectivity index (χ2n) is 6.26. The second kappa shape index (κ2) is 7.38. The Bertz CT molecular complexity index is 1050. The van der Waals surface area contributed by atoms with E-state index in [0.717, 1.165) is 16.1 Å². The van der Waals surface area contributed by atoms with Gasteiger partial charge in [-0.05, 0) is 68.7 Å². The van der Waals surface area contributed by atoms with Crippen LogP contribution < -0.4 is 4.80 Å². The van der Waals surface area contributed by atoms with Crippen molar-refractivity contribution in [2.24, 2.45) is 4.99 Å². The number of halogens is 1. The topological polar surface area (TPSA) is 34.4 Å². The first-order valence-corrected chi connectivity index (χ1v) is 9.35. The van der Waals surface area contributed by atoms with Crippen LogP contribution in [0, 0.1) is 26.6 Å². The summed E-state index contributed by atoms with van der Waals surface area (Å²) in [4.78, 5) is 18.4. The van der Waals surface area contributed by atoms with Crippen molar-refractivity contribution in [1.82, 2.24) is 4.57 Å². The molecule has 0 atom stereocenters. The minimum Gasteiger partial charge on any atom is -0.316 e. The number of hydrogen-bond donors (Lipinski definition) is 0. The van der Waals surface area contributed by atoms with E-state index < -0.39 is 11.7 Å². The van der Waals surface area contributed by atoms with E-state index in [2.05, 4.69) is 37.0 Å². The fraction of sp³-hybridized carbons (Fsp3) is 0.238. The molecule has 3 nitrogen and oxygen atoms in total. The van der Waals surface area contributed by atoms with E-state index >= 15 is 0 Å². The highest BCUT2D eigenvalue weighted by Crippen LogP contribution is 2.27. The molecule has 5 heteroatoms. The smallest absolute Gasteiger partial charge is 0.279 e. The van der Waals surface area contributed by atoms with Crippen LogP contribution >= 0.6 is 11.3 Å². The van der Waals surface area contributed by atoms with Gasteiger partial charge >= 0.3 is 0 Å². The van der Waals surface area contributed by atoms with Crippen LogP contribution in [-0.4, -0.2) is 10.5 Å². The van der Waals surface area contributed by atoms with E-state index in [1.165, 1.54) is 40.7 Å². The minimum atomic E-state index is -0.437. The third kappa shape index (κ3) is 3.53. The monoisotopic (exact) mass is 368 g/mol. The van der Waals surface area contributed by atoms with E-state index in [4.69, 9.17) is 0 Å². The summed E-state index contributed by atoms with van der Waals surface area (Å²) in [5, 5.41) is 0. The zero-order valence-corrected chi connectivity index (χ0v) is 16.2. The highest BCUT2D eigenvalue weighted by Gasteiger charge is 2.14. The molecule has 1 amide bonds. The van der Waals surface area contributed by atoms with E-state index in [1.54, 1.807) is 6.07 Å². The third-order valence-electron chi connectivity index (χ3n) is 4.44. The highest BCUT2D eigenvalue weighted by molar-refractivity contribution is 7.09. The first kappa shape index (κ1) is 18.3. The molecule has 2 aromatic carbocycles. The fourth-order valence-corrected chi connectivity index (χ4v) is 3.98. The second-order valence-corrected chi connectivity index (χ2v) is 7.44. The molecule has 0 bridgehead atoms. The lowest BCUT2D eigenvalue weighted by Gasteiger charge is -2.10. The summed E-state index contributed by atoms with van der Waals surface area (Å²) in [7, 11) is 0. The summed E-state index contributed by atoms with van der Waals surface area (Å²) in [6.45, 7) is 8.94. The fourth-order valence-electron chi connectivity index (χ4n) is 2.92. The van der Waals surface area contributed by atoms with Crippen LogP contribution in [-0.2, 0) is 6.54 Å². The maximum atomic E-state index is 13.4. The van der Waals surface area contributed by atoms with Crippen molar-refractivity contribution < 1.29 is 9.18 Å². The van der Waals surface area contributed by atoms with Crippen LogP contribution in [0.15, 0.2) is 47.5 Å². The molecule has 0 N–H and O–H groups in total. The number of carbonyl (C=O) groups excluding carboxylic acids is 1. The van der Waals surface area contributed by atoms with Gasteiger partial charge in [0.2, 0.25) is 0 Å². The molecule has 134 valence electrons. The Morgan fingerprint density at radius 3 is 2.54 bits per heavy atom. The number of benzene rings is 2. The summed E-state index contributed by atoms with van der Waals surface area (Å²) in [5.41, 5.74) is 4.92. The van der Waals surface area contributed by atoms with E-state index in [-0.39, 0.29) is 5.56 Å². The Morgan fingerprint density at radius 1 is 1.12 bits per heavy atom. The molecule has 0 saturated carbocycles. The highest BCUT2D eigenvalue weighted by atomic mass is 32.1. The van der Waals surface area contributed by atoms with Crippen LogP contribution in [0.5, 0.6) is 0 Å². The Hall–Kier alpha value is -2.53. The standard InChI is InChI=1S/C21H21FN2OS/c1-5-24-19(16-10-9-13(2)14(3)11-16)15(4)26-21(24)23-20(25)17-7-6-8-18(22)12-17/h6-12H,5H2,1-4H3. The van der Waals surface area contributed by atoms with Crippen molar-refractivity contribution in [3.63, 3.8) is 0 Å². The molecule has 3 aromatic rings. The number of aryl methyl sites for hydroxylation is 3. The number of carbonyl (C=O) groups is 1. The SMILES string of the molecule is CCn1c(-c2ccc(C)c(C)c2)c(C)sc1=NC(=O)c1cccc(F)c1. The van der Waals surface area contributed by atoms with Crippen LogP contribution in [0.4, 0.5) is 4.39 Å². The van der Waals surface area contributed by atoms with Gasteiger partial charge in [0.05, 0.1) is 5.69 Å². The number of rotatable bonds is 3. The van der Waals surface area contributed by atoms with Gasteiger partial charge in [0.15, 0.2) is 4.80 Å². The van der Waals surface area contributed by atoms with Crippen LogP contribution in [0.25, 0.3) is 11.3 Å². The largest absolute Gasteiger partial charge is 0.316 e. The lowest BCUT2D eigenvalue weighted by Crippen LogP contribution is -2.17. The maximum absolute atomic E-state index is 13.4. The van der Waals surface area contributed by atoms with Crippen molar-refractivity contribution in [3.05, 3.63) is 74.7 Å². The Kier molecular flexibility index (Phi) is 5.18. The predicted molar refractivity (Wildman–Crippen MR) is 104 cm³/mol. The zero-order chi connectivity index (χ0) is 18.8. The van der Waals surface area contributed by atoms with Gasteiger partial charge in [0.25, 0.3) is 5.91 Å². The van der Waals surface area contributed by atoms with Gasteiger partial charge in [-0.3, -0.25) is 4.79 Å². The van der Waals surface area contributed by atoms with Gasteiger partial charge in [0, 0.05) is 17.0 Å². The molecular formula is C21H21FN2OS. The van der Waals surface area contributed by atoms with Crippen molar-refractivity contribution in [3.8, 4) is 11.3 Å². The molecule has 0 spiro atoms. The normalized spacial score (nSPS) is 11.8. The van der Waals surface area contributed by atoms with Gasteiger partial charge in [-0.25, -0.2) is 4.39 Å². The summed E-state index contributed by atoms with van der Waals surface area (Å²) < 4.78 is 15.4. The molecule has 0 unspecified atom stereocenters. The average molecular weight is 368 g/mol. The van der Waals surface area contributed by atoms with Crippen molar-refractivity contribution in [1.29, 1.82) is 0 Å². The Balaban J connectivity index is 2.12. The summed E-state index contributed by atoms with van der Waals surface area (Å²) in [6.07, 6.45) is 0. The van der Waals surface area contributed by atoms with Crippen LogP contribution in [0.3, 0.4) is 0 Å². The van der Waals surface area contributed by atoms with Crippen LogP contribution in [0.2, 0.25) is 0 Å². The molecule has 26 heavy (non-hydrogen) atoms. The number of aromatic nitrogens is 1. The minimum absolute atomic E-state index is 0.256. The number of nitrogens with zero attached hydrogens (tertiary/aromatic N) is 2. The average Bonchev–Trinajstić information content (AvgIpc) is 2.92. The molecular weight excluding hydrogens is 347 g/mol. The zero-order valence-electron chi connectivity index (χ0n) is 15.3. The molecule has 0 saturated heterocycles. The molecule has 3 rings (SSSR count). The first-order valence-electron chi connectivity index (χ1n) is 8.53. The van der Waals surface area contributed by atoms with Gasteiger partial charge in [-0.15, -0.1) is 11.3 Å². The van der Waals surface area contributed by atoms with Crippen molar-refractivity contribution in [2.45, 2.75) is 34.2 Å². The molecule has 0 aliphatic heterocycles. The van der Waals surface area contributed by atoms with E-state index in [9.17, 15) is 9.18 Å². The Morgan fingerprint density at radius 2 is 1.88 bits per heavy atom. The summed E-state index contributed by atoms with van der Waals surface area (Å²) >= 11 is 1.48. The van der Waals surface area contributed by atoms with Crippen LogP contribution in [0.1, 0.15) is 33.3 Å². The summed E-state index contributed by atoms with van der Waals surface area (Å²) in [6, 6.07) is 12.0. The molecule has 0 aliphatic rings. The van der Waals surface area contributed by atoms with E-state index in [0.29, 0.717) is 11.3 Å². The molecule has 0 fully saturated rings. The van der Waals surface area contributed by atoms with Gasteiger partial charge in [-0.1, -0.05) is 18.2 Å². The first-order chi connectivity index (χ1) is 12.4. The van der Waals surface area contributed by atoms with E-state index in [1.807, 2.05) is 18.4 Å². The van der Waals surface area contributed by atoms with Gasteiger partial charge < -0.3 is 4.57 Å². The van der Waals surface area contributed by atoms with Crippen molar-refractivity contribution >= 4 is 17.2 Å². The predicted octanol–water partition coefficient (Wildman–Crippen LogP) is 5.04. The summed E-state index contributed by atoms with van der Waals surface area (Å²) in [5.74, 6) is -0.868. The molecule has 0 radical (unpaired) electrons.